The van der Waals surface area contributed by atoms with Crippen molar-refractivity contribution in [2.24, 2.45) is 0 Å². The Morgan fingerprint density at radius 1 is 1.23 bits per heavy atom. The molecule has 2 aromatic heterocycles. The van der Waals surface area contributed by atoms with Crippen LogP contribution in [0.5, 0.6) is 0 Å². The summed E-state index contributed by atoms with van der Waals surface area (Å²) in [5.74, 6) is -0.756. The number of hydrogen-bond acceptors (Lipinski definition) is 5. The van der Waals surface area contributed by atoms with Crippen LogP contribution in [0.15, 0.2) is 42.9 Å². The zero-order valence-electron chi connectivity index (χ0n) is 15.7. The van der Waals surface area contributed by atoms with Crippen LogP contribution in [0.25, 0.3) is 10.9 Å². The Morgan fingerprint density at radius 3 is 2.80 bits per heavy atom. The SMILES string of the molecule is Cc1c(F)ccc2c1N(c1ncnc3cnc(NC(=O)C=CC(F)(F)F)cc13)CC2. The average molecular weight is 417 g/mol. The van der Waals surface area contributed by atoms with Crippen LogP contribution in [0, 0.1) is 12.7 Å². The fourth-order valence-corrected chi connectivity index (χ4v) is 3.43. The Kier molecular flexibility index (Phi) is 4.84. The molecule has 30 heavy (non-hydrogen) atoms. The Balaban J connectivity index is 1.72. The predicted molar refractivity (Wildman–Crippen MR) is 103 cm³/mol. The van der Waals surface area contributed by atoms with Gasteiger partial charge in [-0.05, 0) is 31.0 Å². The Bertz CT molecular complexity index is 1180. The third-order valence-corrected chi connectivity index (χ3v) is 4.75. The lowest BCUT2D eigenvalue weighted by molar-refractivity contribution is -0.112. The molecule has 0 aliphatic carbocycles. The summed E-state index contributed by atoms with van der Waals surface area (Å²) in [5.41, 5.74) is 2.69. The number of nitrogens with one attached hydrogen (secondary N) is 1. The van der Waals surface area contributed by atoms with E-state index in [4.69, 9.17) is 0 Å². The predicted octanol–water partition coefficient (Wildman–Crippen LogP) is 4.22. The molecule has 0 spiro atoms. The van der Waals surface area contributed by atoms with Gasteiger partial charge in [0.2, 0.25) is 5.91 Å². The van der Waals surface area contributed by atoms with E-state index in [1.165, 1.54) is 24.7 Å². The molecule has 0 saturated carbocycles. The molecule has 0 bridgehead atoms. The molecule has 1 N–H and O–H groups in total. The van der Waals surface area contributed by atoms with E-state index in [9.17, 15) is 22.4 Å². The summed E-state index contributed by atoms with van der Waals surface area (Å²) < 4.78 is 50.9. The van der Waals surface area contributed by atoms with Crippen LogP contribution in [-0.4, -0.2) is 33.6 Å². The molecule has 1 aromatic carbocycles. The summed E-state index contributed by atoms with van der Waals surface area (Å²) in [6.45, 7) is 2.26. The fraction of sp³-hybridized carbons (Fsp3) is 0.200. The van der Waals surface area contributed by atoms with E-state index in [0.29, 0.717) is 41.3 Å². The Morgan fingerprint density at radius 2 is 2.03 bits per heavy atom. The number of amides is 1. The van der Waals surface area contributed by atoms with Crippen molar-refractivity contribution in [3.8, 4) is 0 Å². The van der Waals surface area contributed by atoms with Crippen molar-refractivity contribution in [3.63, 3.8) is 0 Å². The quantitative estimate of drug-likeness (QED) is 0.510. The van der Waals surface area contributed by atoms with E-state index < -0.39 is 12.1 Å². The summed E-state index contributed by atoms with van der Waals surface area (Å²) in [7, 11) is 0. The molecule has 1 amide bonds. The number of alkyl halides is 3. The number of pyridine rings is 1. The van der Waals surface area contributed by atoms with Crippen LogP contribution in [0.4, 0.5) is 34.9 Å². The molecular weight excluding hydrogens is 402 g/mol. The molecule has 0 fully saturated rings. The van der Waals surface area contributed by atoms with Crippen LogP contribution >= 0.6 is 0 Å². The normalized spacial score (nSPS) is 13.8. The first-order valence-corrected chi connectivity index (χ1v) is 8.96. The third-order valence-electron chi connectivity index (χ3n) is 4.75. The van der Waals surface area contributed by atoms with E-state index in [2.05, 4.69) is 20.3 Å². The molecule has 1 aliphatic heterocycles. The first-order chi connectivity index (χ1) is 14.2. The Hall–Kier alpha value is -3.56. The highest BCUT2D eigenvalue weighted by molar-refractivity contribution is 6.01. The summed E-state index contributed by atoms with van der Waals surface area (Å²) in [6, 6.07) is 4.65. The van der Waals surface area contributed by atoms with Crippen molar-refractivity contribution < 1.29 is 22.4 Å². The van der Waals surface area contributed by atoms with Gasteiger partial charge in [0.1, 0.15) is 23.8 Å². The van der Waals surface area contributed by atoms with E-state index in [1.807, 2.05) is 4.90 Å². The van der Waals surface area contributed by atoms with Crippen molar-refractivity contribution in [1.29, 1.82) is 0 Å². The maximum atomic E-state index is 14.1. The fourth-order valence-electron chi connectivity index (χ4n) is 3.43. The van der Waals surface area contributed by atoms with E-state index in [-0.39, 0.29) is 17.7 Å². The topological polar surface area (TPSA) is 71.0 Å². The van der Waals surface area contributed by atoms with Gasteiger partial charge in [0.05, 0.1) is 17.4 Å². The van der Waals surface area contributed by atoms with Gasteiger partial charge in [-0.25, -0.2) is 19.3 Å². The zero-order valence-corrected chi connectivity index (χ0v) is 15.7. The summed E-state index contributed by atoms with van der Waals surface area (Å²) in [4.78, 5) is 26.1. The number of carbonyl (C=O) groups is 1. The molecule has 6 nitrogen and oxygen atoms in total. The molecule has 1 aliphatic rings. The first kappa shape index (κ1) is 19.7. The van der Waals surface area contributed by atoms with Gasteiger partial charge in [-0.2, -0.15) is 13.2 Å². The number of benzene rings is 1. The zero-order chi connectivity index (χ0) is 21.5. The molecule has 4 rings (SSSR count). The van der Waals surface area contributed by atoms with Crippen molar-refractivity contribution in [2.45, 2.75) is 19.5 Å². The average Bonchev–Trinajstić information content (AvgIpc) is 3.13. The molecular formula is C20H15F4N5O. The first-order valence-electron chi connectivity index (χ1n) is 8.96. The number of fused-ring (bicyclic) bond motifs is 2. The monoisotopic (exact) mass is 417 g/mol. The van der Waals surface area contributed by atoms with Gasteiger partial charge in [0, 0.05) is 29.6 Å². The molecule has 3 aromatic rings. The van der Waals surface area contributed by atoms with Crippen molar-refractivity contribution >= 4 is 34.1 Å². The second-order valence-corrected chi connectivity index (χ2v) is 6.73. The molecule has 3 heterocycles. The lowest BCUT2D eigenvalue weighted by atomic mass is 10.1. The maximum Gasteiger partial charge on any atom is 0.409 e. The van der Waals surface area contributed by atoms with Gasteiger partial charge in [0.25, 0.3) is 0 Å². The summed E-state index contributed by atoms with van der Waals surface area (Å²) in [5, 5.41) is 2.82. The molecule has 10 heteroatoms. The summed E-state index contributed by atoms with van der Waals surface area (Å²) in [6.07, 6.45) is -0.910. The van der Waals surface area contributed by atoms with Gasteiger partial charge >= 0.3 is 6.18 Å². The van der Waals surface area contributed by atoms with Gasteiger partial charge in [0.15, 0.2) is 0 Å². The van der Waals surface area contributed by atoms with Gasteiger partial charge in [-0.1, -0.05) is 6.07 Å². The summed E-state index contributed by atoms with van der Waals surface area (Å²) >= 11 is 0. The lowest BCUT2D eigenvalue weighted by Gasteiger charge is -2.22. The van der Waals surface area contributed by atoms with Gasteiger partial charge in [-0.15, -0.1) is 0 Å². The van der Waals surface area contributed by atoms with Gasteiger partial charge < -0.3 is 10.2 Å². The van der Waals surface area contributed by atoms with Crippen LogP contribution < -0.4 is 10.2 Å². The molecule has 0 atom stereocenters. The third kappa shape index (κ3) is 3.80. The highest BCUT2D eigenvalue weighted by Gasteiger charge is 2.27. The van der Waals surface area contributed by atoms with E-state index in [0.717, 1.165) is 11.3 Å². The second-order valence-electron chi connectivity index (χ2n) is 6.73. The molecule has 0 radical (unpaired) electrons. The van der Waals surface area contributed by atoms with Crippen LogP contribution in [0.1, 0.15) is 11.1 Å². The van der Waals surface area contributed by atoms with Crippen LogP contribution in [0.3, 0.4) is 0 Å². The molecule has 154 valence electrons. The number of rotatable bonds is 3. The second kappa shape index (κ2) is 7.36. The van der Waals surface area contributed by atoms with Crippen molar-refractivity contribution in [3.05, 3.63) is 59.8 Å². The lowest BCUT2D eigenvalue weighted by Crippen LogP contribution is -2.17. The highest BCUT2D eigenvalue weighted by Crippen LogP contribution is 2.39. The number of anilines is 3. The van der Waals surface area contributed by atoms with Gasteiger partial charge in [-0.3, -0.25) is 4.79 Å². The number of allylic oxidation sites excluding steroid dienone is 1. The number of halogens is 4. The van der Waals surface area contributed by atoms with E-state index in [1.54, 1.807) is 13.0 Å². The number of nitrogens with zero attached hydrogens (tertiary/aromatic N) is 4. The number of carbonyl (C=O) groups excluding carboxylic acids is 1. The molecule has 0 unspecified atom stereocenters. The van der Waals surface area contributed by atoms with Crippen LogP contribution in [-0.2, 0) is 11.2 Å². The minimum atomic E-state index is -4.59. The highest BCUT2D eigenvalue weighted by atomic mass is 19.4. The minimum Gasteiger partial charge on any atom is -0.325 e. The molecule has 0 saturated heterocycles. The standard InChI is InChI=1S/C20H15F4N5O/c1-11-14(21)3-2-12-5-7-29(18(11)12)19-13-8-16(25-9-15(13)26-10-27-19)28-17(30)4-6-20(22,23)24/h2-4,6,8-10H,5,7H2,1H3,(H,25,28,30). The van der Waals surface area contributed by atoms with Crippen molar-refractivity contribution in [1.82, 2.24) is 15.0 Å². The van der Waals surface area contributed by atoms with Crippen molar-refractivity contribution in [2.75, 3.05) is 16.8 Å². The maximum absolute atomic E-state index is 14.1. The Labute approximate surface area is 168 Å². The minimum absolute atomic E-state index is 0.0470. The number of hydrogen-bond donors (Lipinski definition) is 1. The largest absolute Gasteiger partial charge is 0.409 e. The van der Waals surface area contributed by atoms with Crippen LogP contribution in [0.2, 0.25) is 0 Å². The number of aromatic nitrogens is 3. The smallest absolute Gasteiger partial charge is 0.325 e. The van der Waals surface area contributed by atoms with E-state index >= 15 is 0 Å².